The van der Waals surface area contributed by atoms with Gasteiger partial charge in [0, 0.05) is 12.6 Å². The summed E-state index contributed by atoms with van der Waals surface area (Å²) in [5.41, 5.74) is 5.40. The summed E-state index contributed by atoms with van der Waals surface area (Å²) in [6.07, 6.45) is 1.51. The molecule has 0 spiro atoms. The van der Waals surface area contributed by atoms with Crippen LogP contribution in [0, 0.1) is 5.41 Å². The first-order chi connectivity index (χ1) is 7.58. The first kappa shape index (κ1) is 16.2. The van der Waals surface area contributed by atoms with E-state index in [2.05, 4.69) is 19.2 Å². The van der Waals surface area contributed by atoms with E-state index in [1.54, 1.807) is 0 Å². The van der Waals surface area contributed by atoms with Gasteiger partial charge in [0.1, 0.15) is 5.60 Å². The van der Waals surface area contributed by atoms with E-state index in [9.17, 15) is 4.79 Å². The van der Waals surface area contributed by atoms with E-state index in [1.165, 1.54) is 0 Å². The minimum absolute atomic E-state index is 0.0328. The number of alkyl carbamates (subject to hydrolysis) is 1. The summed E-state index contributed by atoms with van der Waals surface area (Å²) in [6.45, 7) is 12.4. The van der Waals surface area contributed by atoms with Crippen molar-refractivity contribution in [3.05, 3.63) is 0 Å². The van der Waals surface area contributed by atoms with Crippen LogP contribution in [0.4, 0.5) is 4.79 Å². The zero-order chi connectivity index (χ0) is 13.7. The molecule has 0 saturated carbocycles. The van der Waals surface area contributed by atoms with Gasteiger partial charge in [-0.15, -0.1) is 0 Å². The maximum Gasteiger partial charge on any atom is 0.407 e. The SMILES string of the molecule is CCC(C)(CNC(=O)OC(C)(C)C)CC(C)N. The Morgan fingerprint density at radius 1 is 1.35 bits per heavy atom. The van der Waals surface area contributed by atoms with Gasteiger partial charge < -0.3 is 15.8 Å². The zero-order valence-corrected chi connectivity index (χ0v) is 12.1. The molecule has 0 aromatic rings. The van der Waals surface area contributed by atoms with Crippen LogP contribution >= 0.6 is 0 Å². The fourth-order valence-electron chi connectivity index (χ4n) is 1.72. The molecule has 0 aliphatic heterocycles. The Morgan fingerprint density at radius 2 is 1.88 bits per heavy atom. The molecular weight excluding hydrogens is 216 g/mol. The monoisotopic (exact) mass is 244 g/mol. The Balaban J connectivity index is 4.19. The normalized spacial score (nSPS) is 17.1. The third-order valence-electron chi connectivity index (χ3n) is 2.73. The number of ether oxygens (including phenoxy) is 1. The van der Waals surface area contributed by atoms with Crippen molar-refractivity contribution >= 4 is 6.09 Å². The number of carbonyl (C=O) groups excluding carboxylic acids is 1. The number of carbonyl (C=O) groups is 1. The minimum atomic E-state index is -0.451. The molecule has 0 bridgehead atoms. The van der Waals surface area contributed by atoms with Crippen LogP contribution in [-0.4, -0.2) is 24.3 Å². The molecule has 2 atom stereocenters. The summed E-state index contributed by atoms with van der Waals surface area (Å²) in [7, 11) is 0. The van der Waals surface area contributed by atoms with Gasteiger partial charge in [-0.3, -0.25) is 0 Å². The summed E-state index contributed by atoms with van der Waals surface area (Å²) < 4.78 is 5.20. The Labute approximate surface area is 105 Å². The van der Waals surface area contributed by atoms with Crippen molar-refractivity contribution in [2.45, 2.75) is 66.0 Å². The highest BCUT2D eigenvalue weighted by Gasteiger charge is 2.25. The quantitative estimate of drug-likeness (QED) is 0.781. The fraction of sp³-hybridized carbons (Fsp3) is 0.923. The van der Waals surface area contributed by atoms with Gasteiger partial charge in [0.25, 0.3) is 0 Å². The van der Waals surface area contributed by atoms with Gasteiger partial charge in [-0.2, -0.15) is 0 Å². The highest BCUT2D eigenvalue weighted by molar-refractivity contribution is 5.67. The van der Waals surface area contributed by atoms with Gasteiger partial charge in [0.15, 0.2) is 0 Å². The lowest BCUT2D eigenvalue weighted by Crippen LogP contribution is -2.41. The first-order valence-corrected chi connectivity index (χ1v) is 6.30. The number of nitrogens with one attached hydrogen (secondary N) is 1. The van der Waals surface area contributed by atoms with Crippen molar-refractivity contribution in [3.8, 4) is 0 Å². The van der Waals surface area contributed by atoms with E-state index >= 15 is 0 Å². The Morgan fingerprint density at radius 3 is 2.24 bits per heavy atom. The third kappa shape index (κ3) is 8.02. The van der Waals surface area contributed by atoms with Gasteiger partial charge >= 0.3 is 6.09 Å². The molecule has 0 saturated heterocycles. The Kier molecular flexibility index (Phi) is 5.96. The molecule has 2 unspecified atom stereocenters. The van der Waals surface area contributed by atoms with Crippen molar-refractivity contribution in [1.82, 2.24) is 5.32 Å². The van der Waals surface area contributed by atoms with Crippen molar-refractivity contribution in [3.63, 3.8) is 0 Å². The van der Waals surface area contributed by atoms with E-state index in [4.69, 9.17) is 10.5 Å². The molecule has 0 fully saturated rings. The Bertz CT molecular complexity index is 246. The van der Waals surface area contributed by atoms with Crippen LogP contribution < -0.4 is 11.1 Å². The van der Waals surface area contributed by atoms with Crippen LogP contribution in [0.2, 0.25) is 0 Å². The summed E-state index contributed by atoms with van der Waals surface area (Å²) >= 11 is 0. The zero-order valence-electron chi connectivity index (χ0n) is 12.1. The molecule has 0 heterocycles. The molecule has 102 valence electrons. The van der Waals surface area contributed by atoms with Crippen molar-refractivity contribution in [2.24, 2.45) is 11.1 Å². The van der Waals surface area contributed by atoms with E-state index < -0.39 is 5.60 Å². The molecule has 0 radical (unpaired) electrons. The standard InChI is InChI=1S/C13H28N2O2/c1-7-13(6,8-10(2)14)9-15-11(16)17-12(3,4)5/h10H,7-9,14H2,1-6H3,(H,15,16). The molecular formula is C13H28N2O2. The highest BCUT2D eigenvalue weighted by Crippen LogP contribution is 2.26. The van der Waals surface area contributed by atoms with Crippen molar-refractivity contribution in [2.75, 3.05) is 6.54 Å². The molecule has 1 amide bonds. The van der Waals surface area contributed by atoms with E-state index in [1.807, 2.05) is 27.7 Å². The topological polar surface area (TPSA) is 64.3 Å². The predicted octanol–water partition coefficient (Wildman–Crippen LogP) is 2.66. The maximum absolute atomic E-state index is 11.5. The lowest BCUT2D eigenvalue weighted by Gasteiger charge is -2.30. The van der Waals surface area contributed by atoms with Crippen molar-refractivity contribution in [1.29, 1.82) is 0 Å². The number of rotatable bonds is 5. The lowest BCUT2D eigenvalue weighted by molar-refractivity contribution is 0.0497. The van der Waals surface area contributed by atoms with Crippen LogP contribution in [0.3, 0.4) is 0 Å². The minimum Gasteiger partial charge on any atom is -0.444 e. The fourth-order valence-corrected chi connectivity index (χ4v) is 1.72. The largest absolute Gasteiger partial charge is 0.444 e. The second kappa shape index (κ2) is 6.24. The number of amides is 1. The molecule has 0 aromatic carbocycles. The molecule has 0 aliphatic carbocycles. The second-order valence-corrected chi connectivity index (χ2v) is 6.20. The van der Waals surface area contributed by atoms with Gasteiger partial charge in [-0.25, -0.2) is 4.79 Å². The average Bonchev–Trinajstić information content (AvgIpc) is 2.11. The van der Waals surface area contributed by atoms with Gasteiger partial charge in [0.2, 0.25) is 0 Å². The van der Waals surface area contributed by atoms with Crippen molar-refractivity contribution < 1.29 is 9.53 Å². The number of nitrogens with two attached hydrogens (primary N) is 1. The summed E-state index contributed by atoms with van der Waals surface area (Å²) in [5.74, 6) is 0. The van der Waals surface area contributed by atoms with Crippen LogP contribution in [-0.2, 0) is 4.74 Å². The van der Waals surface area contributed by atoms with Crippen LogP contribution in [0.1, 0.15) is 54.4 Å². The molecule has 0 aromatic heterocycles. The second-order valence-electron chi connectivity index (χ2n) is 6.20. The molecule has 3 N–H and O–H groups in total. The predicted molar refractivity (Wildman–Crippen MR) is 70.9 cm³/mol. The number of hydrogen-bond donors (Lipinski definition) is 2. The van der Waals surface area contributed by atoms with Gasteiger partial charge in [-0.1, -0.05) is 13.8 Å². The van der Waals surface area contributed by atoms with Crippen LogP contribution in [0.5, 0.6) is 0 Å². The average molecular weight is 244 g/mol. The first-order valence-electron chi connectivity index (χ1n) is 6.30. The highest BCUT2D eigenvalue weighted by atomic mass is 16.6. The molecule has 4 nitrogen and oxygen atoms in total. The smallest absolute Gasteiger partial charge is 0.407 e. The van der Waals surface area contributed by atoms with E-state index in [0.717, 1.165) is 12.8 Å². The number of hydrogen-bond acceptors (Lipinski definition) is 3. The lowest BCUT2D eigenvalue weighted by atomic mass is 9.81. The third-order valence-corrected chi connectivity index (χ3v) is 2.73. The summed E-state index contributed by atoms with van der Waals surface area (Å²) in [6, 6.07) is 0.139. The molecule has 4 heteroatoms. The Hall–Kier alpha value is -0.770. The maximum atomic E-state index is 11.5. The van der Waals surface area contributed by atoms with E-state index in [-0.39, 0.29) is 17.6 Å². The van der Waals surface area contributed by atoms with Crippen LogP contribution in [0.25, 0.3) is 0 Å². The van der Waals surface area contributed by atoms with Gasteiger partial charge in [0.05, 0.1) is 0 Å². The summed E-state index contributed by atoms with van der Waals surface area (Å²) in [4.78, 5) is 11.5. The van der Waals surface area contributed by atoms with E-state index in [0.29, 0.717) is 6.54 Å². The van der Waals surface area contributed by atoms with Crippen LogP contribution in [0.15, 0.2) is 0 Å². The summed E-state index contributed by atoms with van der Waals surface area (Å²) in [5, 5.41) is 2.82. The van der Waals surface area contributed by atoms with Gasteiger partial charge in [-0.05, 0) is 46.0 Å². The molecule has 0 aliphatic rings. The molecule has 17 heavy (non-hydrogen) atoms. The molecule has 0 rings (SSSR count).